The smallest absolute Gasteiger partial charge is 0.220 e. The lowest BCUT2D eigenvalue weighted by atomic mass is 10.3. The maximum atomic E-state index is 11.1. The first-order chi connectivity index (χ1) is 7.83. The molecule has 0 radical (unpaired) electrons. The van der Waals surface area contributed by atoms with E-state index in [9.17, 15) is 4.79 Å². The third kappa shape index (κ3) is 5.31. The largest absolute Gasteiger partial charge is 0.492 e. The highest BCUT2D eigenvalue weighted by Crippen LogP contribution is 2.06. The third-order valence-electron chi connectivity index (χ3n) is 1.89. The van der Waals surface area contributed by atoms with E-state index in [0.29, 0.717) is 31.7 Å². The summed E-state index contributed by atoms with van der Waals surface area (Å²) in [5, 5.41) is 11.1. The molecule has 1 rings (SSSR count). The summed E-state index contributed by atoms with van der Waals surface area (Å²) in [6, 6.07) is 3.61. The number of hydrogen-bond donors (Lipinski definition) is 2. The fraction of sp³-hybridized carbons (Fsp3) is 0.455. The van der Waals surface area contributed by atoms with Gasteiger partial charge in [-0.15, -0.1) is 0 Å². The van der Waals surface area contributed by atoms with Gasteiger partial charge in [0.25, 0.3) is 0 Å². The van der Waals surface area contributed by atoms with E-state index < -0.39 is 0 Å². The van der Waals surface area contributed by atoms with E-state index in [0.717, 1.165) is 0 Å². The van der Waals surface area contributed by atoms with Crippen LogP contribution in [0.25, 0.3) is 0 Å². The number of hydrogen-bond acceptors (Lipinski definition) is 4. The quantitative estimate of drug-likeness (QED) is 0.655. The summed E-state index contributed by atoms with van der Waals surface area (Å²) in [4.78, 5) is 15.0. The van der Waals surface area contributed by atoms with E-state index in [-0.39, 0.29) is 12.5 Å². The van der Waals surface area contributed by atoms with E-state index in [4.69, 9.17) is 9.84 Å². The van der Waals surface area contributed by atoms with Gasteiger partial charge >= 0.3 is 0 Å². The van der Waals surface area contributed by atoms with Crippen LogP contribution in [0.3, 0.4) is 0 Å². The molecule has 16 heavy (non-hydrogen) atoms. The van der Waals surface area contributed by atoms with Crippen molar-refractivity contribution in [2.75, 3.05) is 19.8 Å². The lowest BCUT2D eigenvalue weighted by Crippen LogP contribution is -2.26. The van der Waals surface area contributed by atoms with Gasteiger partial charge < -0.3 is 15.2 Å². The minimum atomic E-state index is -0.0659. The second-order valence-corrected chi connectivity index (χ2v) is 3.21. The number of nitrogens with zero attached hydrogens (tertiary/aromatic N) is 1. The molecule has 0 saturated heterocycles. The summed E-state index contributed by atoms with van der Waals surface area (Å²) < 4.78 is 5.37. The van der Waals surface area contributed by atoms with E-state index in [1.165, 1.54) is 0 Å². The predicted molar refractivity (Wildman–Crippen MR) is 59.1 cm³/mol. The van der Waals surface area contributed by atoms with Gasteiger partial charge in [0, 0.05) is 19.2 Å². The molecule has 2 N–H and O–H groups in total. The molecule has 5 heteroatoms. The maximum absolute atomic E-state index is 11.1. The van der Waals surface area contributed by atoms with E-state index in [2.05, 4.69) is 10.3 Å². The molecule has 0 aromatic carbocycles. The Bertz CT molecular complexity index is 303. The van der Waals surface area contributed by atoms with Crippen molar-refractivity contribution in [3.05, 3.63) is 24.5 Å². The summed E-state index contributed by atoms with van der Waals surface area (Å²) in [5.74, 6) is 0.641. The fourth-order valence-electron chi connectivity index (χ4n) is 1.14. The van der Waals surface area contributed by atoms with Crippen molar-refractivity contribution in [1.29, 1.82) is 0 Å². The Morgan fingerprint density at radius 3 is 3.12 bits per heavy atom. The van der Waals surface area contributed by atoms with Gasteiger partial charge in [0.2, 0.25) is 5.91 Å². The van der Waals surface area contributed by atoms with Crippen LogP contribution in [0.2, 0.25) is 0 Å². The van der Waals surface area contributed by atoms with Crippen LogP contribution >= 0.6 is 0 Å². The maximum Gasteiger partial charge on any atom is 0.220 e. The molecule has 0 atom stereocenters. The Hall–Kier alpha value is -1.62. The van der Waals surface area contributed by atoms with Crippen LogP contribution in [0.4, 0.5) is 0 Å². The van der Waals surface area contributed by atoms with Crippen LogP contribution in [0, 0.1) is 0 Å². The first-order valence-corrected chi connectivity index (χ1v) is 5.23. The van der Waals surface area contributed by atoms with Crippen LogP contribution in [0.5, 0.6) is 5.75 Å². The van der Waals surface area contributed by atoms with E-state index >= 15 is 0 Å². The van der Waals surface area contributed by atoms with Crippen LogP contribution in [0.15, 0.2) is 24.5 Å². The standard InChI is InChI=1S/C11H16N2O3/c14-7-6-13-11(15)4-2-8-16-10-3-1-5-12-9-10/h1,3,5,9,14H,2,4,6-8H2,(H,13,15). The molecule has 0 aliphatic carbocycles. The molecule has 1 amide bonds. The predicted octanol–water partition coefficient (Wildman–Crippen LogP) is 0.349. The summed E-state index contributed by atoms with van der Waals surface area (Å²) in [7, 11) is 0. The molecule has 0 saturated carbocycles. The number of rotatable bonds is 7. The van der Waals surface area contributed by atoms with Crippen molar-refractivity contribution in [3.8, 4) is 5.75 Å². The highest BCUT2D eigenvalue weighted by molar-refractivity contribution is 5.75. The number of carbonyl (C=O) groups is 1. The van der Waals surface area contributed by atoms with Crippen molar-refractivity contribution < 1.29 is 14.6 Å². The van der Waals surface area contributed by atoms with Gasteiger partial charge in [0.05, 0.1) is 19.4 Å². The first-order valence-electron chi connectivity index (χ1n) is 5.23. The zero-order valence-electron chi connectivity index (χ0n) is 9.06. The SMILES string of the molecule is O=C(CCCOc1cccnc1)NCCO. The van der Waals surface area contributed by atoms with E-state index in [1.807, 2.05) is 6.07 Å². The second-order valence-electron chi connectivity index (χ2n) is 3.21. The Morgan fingerprint density at radius 1 is 1.56 bits per heavy atom. The number of aromatic nitrogens is 1. The van der Waals surface area contributed by atoms with Crippen LogP contribution < -0.4 is 10.1 Å². The zero-order chi connectivity index (χ0) is 11.6. The molecule has 1 aromatic heterocycles. The van der Waals surface area contributed by atoms with Crippen molar-refractivity contribution in [1.82, 2.24) is 10.3 Å². The number of nitrogens with one attached hydrogen (secondary N) is 1. The molecule has 0 spiro atoms. The van der Waals surface area contributed by atoms with Gasteiger partial charge in [-0.25, -0.2) is 0 Å². The highest BCUT2D eigenvalue weighted by Gasteiger charge is 2.00. The van der Waals surface area contributed by atoms with Crippen molar-refractivity contribution in [3.63, 3.8) is 0 Å². The summed E-state index contributed by atoms with van der Waals surface area (Å²) in [5.41, 5.74) is 0. The van der Waals surface area contributed by atoms with Gasteiger partial charge in [0.15, 0.2) is 0 Å². The molecule has 1 heterocycles. The number of pyridine rings is 1. The molecule has 0 aliphatic heterocycles. The molecule has 0 fully saturated rings. The molecule has 0 bridgehead atoms. The van der Waals surface area contributed by atoms with Gasteiger partial charge in [0.1, 0.15) is 5.75 Å². The second kappa shape index (κ2) is 7.64. The van der Waals surface area contributed by atoms with E-state index in [1.54, 1.807) is 18.5 Å². The molecular weight excluding hydrogens is 208 g/mol. The molecule has 0 aliphatic rings. The molecule has 1 aromatic rings. The normalized spacial score (nSPS) is 9.81. The van der Waals surface area contributed by atoms with Gasteiger partial charge in [-0.05, 0) is 18.6 Å². The molecule has 5 nitrogen and oxygen atoms in total. The number of amides is 1. The topological polar surface area (TPSA) is 71.5 Å². The summed E-state index contributed by atoms with van der Waals surface area (Å²) in [6.45, 7) is 0.762. The van der Waals surface area contributed by atoms with Crippen molar-refractivity contribution in [2.24, 2.45) is 0 Å². The van der Waals surface area contributed by atoms with Crippen LogP contribution in [-0.2, 0) is 4.79 Å². The number of carbonyl (C=O) groups excluding carboxylic acids is 1. The van der Waals surface area contributed by atoms with Crippen LogP contribution in [-0.4, -0.2) is 35.8 Å². The highest BCUT2D eigenvalue weighted by atomic mass is 16.5. The number of aliphatic hydroxyl groups excluding tert-OH is 1. The Balaban J connectivity index is 2.06. The van der Waals surface area contributed by atoms with Gasteiger partial charge in [-0.1, -0.05) is 0 Å². The first kappa shape index (κ1) is 12.4. The Kier molecular flexibility index (Phi) is 5.95. The average Bonchev–Trinajstić information content (AvgIpc) is 2.33. The minimum Gasteiger partial charge on any atom is -0.492 e. The monoisotopic (exact) mass is 224 g/mol. The lowest BCUT2D eigenvalue weighted by molar-refractivity contribution is -0.121. The minimum absolute atomic E-state index is 0.0298. The van der Waals surface area contributed by atoms with Crippen molar-refractivity contribution in [2.45, 2.75) is 12.8 Å². The van der Waals surface area contributed by atoms with Gasteiger partial charge in [-0.2, -0.15) is 0 Å². The van der Waals surface area contributed by atoms with Crippen molar-refractivity contribution >= 4 is 5.91 Å². The summed E-state index contributed by atoms with van der Waals surface area (Å²) >= 11 is 0. The Labute approximate surface area is 94.5 Å². The number of ether oxygens (including phenoxy) is 1. The molecular formula is C11H16N2O3. The molecule has 0 unspecified atom stereocenters. The zero-order valence-corrected chi connectivity index (χ0v) is 9.06. The molecule has 88 valence electrons. The number of aliphatic hydroxyl groups is 1. The van der Waals surface area contributed by atoms with Crippen LogP contribution in [0.1, 0.15) is 12.8 Å². The van der Waals surface area contributed by atoms with Gasteiger partial charge in [-0.3, -0.25) is 9.78 Å². The fourth-order valence-corrected chi connectivity index (χ4v) is 1.14. The summed E-state index contributed by atoms with van der Waals surface area (Å²) in [6.07, 6.45) is 4.35. The average molecular weight is 224 g/mol. The Morgan fingerprint density at radius 2 is 2.44 bits per heavy atom. The third-order valence-corrected chi connectivity index (χ3v) is 1.89. The lowest BCUT2D eigenvalue weighted by Gasteiger charge is -2.05.